The Bertz CT molecular complexity index is 453. The number of benzene rings is 1. The second-order valence-corrected chi connectivity index (χ2v) is 7.45. The molecule has 0 spiro atoms. The number of hydrogen-bond donors (Lipinski definition) is 1. The van der Waals surface area contributed by atoms with Gasteiger partial charge in [0.25, 0.3) is 0 Å². The highest BCUT2D eigenvalue weighted by molar-refractivity contribution is 5.55. The number of rotatable bonds is 5. The lowest BCUT2D eigenvalue weighted by atomic mass is 10.0. The molecule has 1 N–H and O–H groups in total. The van der Waals surface area contributed by atoms with Crippen LogP contribution in [-0.4, -0.2) is 18.1 Å². The highest BCUT2D eigenvalue weighted by Gasteiger charge is 2.22. The van der Waals surface area contributed by atoms with Crippen LogP contribution in [0.3, 0.4) is 0 Å². The van der Waals surface area contributed by atoms with Gasteiger partial charge in [0.2, 0.25) is 0 Å². The Labute approximate surface area is 130 Å². The van der Waals surface area contributed by atoms with E-state index in [0.717, 1.165) is 19.1 Å². The van der Waals surface area contributed by atoms with Gasteiger partial charge < -0.3 is 10.2 Å². The van der Waals surface area contributed by atoms with Gasteiger partial charge in [0.15, 0.2) is 0 Å². The fraction of sp³-hybridized carbons (Fsp3) is 0.684. The van der Waals surface area contributed by atoms with Gasteiger partial charge in [-0.15, -0.1) is 0 Å². The van der Waals surface area contributed by atoms with E-state index in [-0.39, 0.29) is 5.54 Å². The molecule has 0 aliphatic heterocycles. The molecule has 0 heterocycles. The summed E-state index contributed by atoms with van der Waals surface area (Å²) < 4.78 is 0. The number of hydrogen-bond acceptors (Lipinski definition) is 2. The van der Waals surface area contributed by atoms with Crippen LogP contribution in [0.5, 0.6) is 0 Å². The van der Waals surface area contributed by atoms with E-state index in [1.165, 1.54) is 42.5 Å². The first-order valence-corrected chi connectivity index (χ1v) is 8.52. The summed E-state index contributed by atoms with van der Waals surface area (Å²) in [4.78, 5) is 2.61. The van der Waals surface area contributed by atoms with Crippen molar-refractivity contribution >= 4 is 5.69 Å². The first-order valence-electron chi connectivity index (χ1n) is 8.52. The molecule has 1 aliphatic rings. The van der Waals surface area contributed by atoms with Gasteiger partial charge in [0.1, 0.15) is 0 Å². The van der Waals surface area contributed by atoms with Crippen molar-refractivity contribution in [3.8, 4) is 0 Å². The van der Waals surface area contributed by atoms with Crippen LogP contribution in [0.1, 0.15) is 64.5 Å². The molecule has 2 nitrogen and oxygen atoms in total. The van der Waals surface area contributed by atoms with Crippen LogP contribution in [0.15, 0.2) is 18.2 Å². The number of nitrogens with zero attached hydrogens (tertiary/aromatic N) is 1. The van der Waals surface area contributed by atoms with Gasteiger partial charge >= 0.3 is 0 Å². The van der Waals surface area contributed by atoms with E-state index in [1.807, 2.05) is 0 Å². The van der Waals surface area contributed by atoms with Crippen molar-refractivity contribution in [2.45, 2.75) is 78.4 Å². The van der Waals surface area contributed by atoms with Crippen molar-refractivity contribution in [3.63, 3.8) is 0 Å². The lowest BCUT2D eigenvalue weighted by Gasteiger charge is -2.31. The SMILES string of the molecule is CCN(c1ccc(CNC(C)(C)C)cc1C)C1CCCC1. The molecule has 0 saturated heterocycles. The van der Waals surface area contributed by atoms with Crippen molar-refractivity contribution in [1.29, 1.82) is 0 Å². The summed E-state index contributed by atoms with van der Waals surface area (Å²) in [6.45, 7) is 13.2. The molecule has 1 saturated carbocycles. The highest BCUT2D eigenvalue weighted by atomic mass is 15.2. The molecule has 0 bridgehead atoms. The fourth-order valence-electron chi connectivity index (χ4n) is 3.36. The van der Waals surface area contributed by atoms with Gasteiger partial charge in [-0.3, -0.25) is 0 Å². The standard InChI is InChI=1S/C19H32N2/c1-6-21(17-9-7-8-10-17)18-12-11-16(13-15(18)2)14-20-19(3,4)5/h11-13,17,20H,6-10,14H2,1-5H3. The molecular weight excluding hydrogens is 256 g/mol. The van der Waals surface area contributed by atoms with Crippen molar-refractivity contribution in [2.24, 2.45) is 0 Å². The fourth-order valence-corrected chi connectivity index (χ4v) is 3.36. The second kappa shape index (κ2) is 6.83. The van der Waals surface area contributed by atoms with Gasteiger partial charge in [-0.05, 0) is 64.7 Å². The van der Waals surface area contributed by atoms with E-state index in [9.17, 15) is 0 Å². The molecular formula is C19H32N2. The summed E-state index contributed by atoms with van der Waals surface area (Å²) in [5, 5.41) is 3.57. The molecule has 1 aromatic carbocycles. The predicted molar refractivity (Wildman–Crippen MR) is 93.0 cm³/mol. The zero-order valence-electron chi connectivity index (χ0n) is 14.5. The average molecular weight is 288 g/mol. The third-order valence-corrected chi connectivity index (χ3v) is 4.50. The van der Waals surface area contributed by atoms with E-state index in [2.05, 4.69) is 63.0 Å². The summed E-state index contributed by atoms with van der Waals surface area (Å²) in [6.07, 6.45) is 5.52. The van der Waals surface area contributed by atoms with Gasteiger partial charge in [-0.1, -0.05) is 25.0 Å². The summed E-state index contributed by atoms with van der Waals surface area (Å²) in [5.41, 5.74) is 4.40. The van der Waals surface area contributed by atoms with E-state index < -0.39 is 0 Å². The minimum Gasteiger partial charge on any atom is -0.369 e. The quantitative estimate of drug-likeness (QED) is 0.848. The Morgan fingerprint density at radius 1 is 1.19 bits per heavy atom. The molecule has 0 atom stereocenters. The van der Waals surface area contributed by atoms with Crippen LogP contribution in [0.4, 0.5) is 5.69 Å². The molecule has 1 fully saturated rings. The molecule has 0 amide bonds. The Kier molecular flexibility index (Phi) is 5.32. The Balaban J connectivity index is 2.10. The van der Waals surface area contributed by atoms with Crippen molar-refractivity contribution in [2.75, 3.05) is 11.4 Å². The van der Waals surface area contributed by atoms with Crippen molar-refractivity contribution in [3.05, 3.63) is 29.3 Å². The first kappa shape index (κ1) is 16.4. The maximum atomic E-state index is 3.57. The van der Waals surface area contributed by atoms with Crippen LogP contribution in [0, 0.1) is 6.92 Å². The molecule has 0 aromatic heterocycles. The van der Waals surface area contributed by atoms with Gasteiger partial charge in [-0.25, -0.2) is 0 Å². The molecule has 1 aliphatic carbocycles. The molecule has 0 radical (unpaired) electrons. The van der Waals surface area contributed by atoms with Gasteiger partial charge in [0.05, 0.1) is 0 Å². The summed E-state index contributed by atoms with van der Waals surface area (Å²) in [6, 6.07) is 7.73. The normalized spacial score (nSPS) is 16.4. The Morgan fingerprint density at radius 2 is 1.86 bits per heavy atom. The third-order valence-electron chi connectivity index (χ3n) is 4.50. The maximum Gasteiger partial charge on any atom is 0.0398 e. The second-order valence-electron chi connectivity index (χ2n) is 7.45. The zero-order valence-corrected chi connectivity index (χ0v) is 14.5. The Morgan fingerprint density at radius 3 is 2.38 bits per heavy atom. The molecule has 21 heavy (non-hydrogen) atoms. The van der Waals surface area contributed by atoms with Crippen LogP contribution in [0.2, 0.25) is 0 Å². The first-order chi connectivity index (χ1) is 9.90. The lowest BCUT2D eigenvalue weighted by molar-refractivity contribution is 0.424. The van der Waals surface area contributed by atoms with Crippen molar-refractivity contribution in [1.82, 2.24) is 5.32 Å². The monoisotopic (exact) mass is 288 g/mol. The summed E-state index contributed by atoms with van der Waals surface area (Å²) >= 11 is 0. The minimum absolute atomic E-state index is 0.172. The molecule has 118 valence electrons. The lowest BCUT2D eigenvalue weighted by Crippen LogP contribution is -2.35. The highest BCUT2D eigenvalue weighted by Crippen LogP contribution is 2.30. The van der Waals surface area contributed by atoms with E-state index >= 15 is 0 Å². The smallest absolute Gasteiger partial charge is 0.0398 e. The van der Waals surface area contributed by atoms with Crippen molar-refractivity contribution < 1.29 is 0 Å². The summed E-state index contributed by atoms with van der Waals surface area (Å²) in [5.74, 6) is 0. The number of anilines is 1. The van der Waals surface area contributed by atoms with Crippen LogP contribution in [0.25, 0.3) is 0 Å². The van der Waals surface area contributed by atoms with Gasteiger partial charge in [-0.2, -0.15) is 0 Å². The Hall–Kier alpha value is -1.02. The predicted octanol–water partition coefficient (Wildman–Crippen LogP) is 4.65. The molecule has 2 rings (SSSR count). The number of nitrogens with one attached hydrogen (secondary N) is 1. The average Bonchev–Trinajstić information content (AvgIpc) is 2.92. The summed E-state index contributed by atoms with van der Waals surface area (Å²) in [7, 11) is 0. The number of aryl methyl sites for hydroxylation is 1. The van der Waals surface area contributed by atoms with E-state index in [4.69, 9.17) is 0 Å². The van der Waals surface area contributed by atoms with Crippen LogP contribution < -0.4 is 10.2 Å². The third kappa shape index (κ3) is 4.47. The topological polar surface area (TPSA) is 15.3 Å². The largest absolute Gasteiger partial charge is 0.369 e. The maximum absolute atomic E-state index is 3.57. The van der Waals surface area contributed by atoms with Crippen LogP contribution in [-0.2, 0) is 6.54 Å². The van der Waals surface area contributed by atoms with E-state index in [1.54, 1.807) is 0 Å². The molecule has 1 aromatic rings. The van der Waals surface area contributed by atoms with E-state index in [0.29, 0.717) is 0 Å². The molecule has 0 unspecified atom stereocenters. The minimum atomic E-state index is 0.172. The van der Waals surface area contributed by atoms with Gasteiger partial charge in [0, 0.05) is 30.4 Å². The van der Waals surface area contributed by atoms with Crippen LogP contribution >= 0.6 is 0 Å². The molecule has 2 heteroatoms. The zero-order chi connectivity index (χ0) is 15.5.